The molecule has 0 radical (unpaired) electrons. The Balaban J connectivity index is 2.08. The fraction of sp³-hybridized carbons (Fsp3) is 0.303. The minimum Gasteiger partial charge on any atom is -0.444 e. The fourth-order valence-electron chi connectivity index (χ4n) is 4.41. The third-order valence-electron chi connectivity index (χ3n) is 6.27. The lowest BCUT2D eigenvalue weighted by Gasteiger charge is -2.34. The number of ether oxygens (including phenoxy) is 1. The smallest absolute Gasteiger partial charge is 0.408 e. The minimum atomic E-state index is -1.21. The van der Waals surface area contributed by atoms with Gasteiger partial charge in [0.05, 0.1) is 6.61 Å². The van der Waals surface area contributed by atoms with Gasteiger partial charge in [-0.25, -0.2) is 4.79 Å². The Morgan fingerprint density at radius 2 is 1.61 bits per heavy atom. The summed E-state index contributed by atoms with van der Waals surface area (Å²) >= 11 is 0. The Kier molecular flexibility index (Phi) is 10.7. The number of hydrogen-bond acceptors (Lipinski definition) is 5. The van der Waals surface area contributed by atoms with Gasteiger partial charge in [-0.2, -0.15) is 0 Å². The van der Waals surface area contributed by atoms with Crippen LogP contribution in [0, 0.1) is 19.3 Å². The molecule has 0 aliphatic carbocycles. The van der Waals surface area contributed by atoms with Gasteiger partial charge in [0, 0.05) is 24.2 Å². The number of amides is 3. The summed E-state index contributed by atoms with van der Waals surface area (Å²) in [5.41, 5.74) is 2.24. The summed E-state index contributed by atoms with van der Waals surface area (Å²) in [6, 6.07) is 21.0. The van der Waals surface area contributed by atoms with Gasteiger partial charge in [-0.05, 0) is 56.5 Å². The summed E-state index contributed by atoms with van der Waals surface area (Å²) in [6.45, 7) is 6.41. The molecule has 0 bridgehead atoms. The summed E-state index contributed by atoms with van der Waals surface area (Å²) < 4.78 is 5.44. The molecule has 214 valence electrons. The number of nitrogens with zero attached hydrogens (tertiary/aromatic N) is 1. The molecule has 0 fully saturated rings. The molecule has 3 aromatic carbocycles. The molecule has 0 spiro atoms. The van der Waals surface area contributed by atoms with Crippen molar-refractivity contribution in [2.24, 2.45) is 0 Å². The van der Waals surface area contributed by atoms with Crippen molar-refractivity contribution in [3.05, 3.63) is 101 Å². The number of hydrogen-bond donors (Lipinski definition) is 3. The SMILES string of the molecule is C#Cc1ccccc1C(C(=O)Nc1ccccc1C)N(CCO)C(=O)C(Cc1ccccc1)NC(=O)OC(C)(C)C. The van der Waals surface area contributed by atoms with Gasteiger partial charge in [-0.1, -0.05) is 72.7 Å². The number of aliphatic hydroxyl groups excluding tert-OH is 1. The van der Waals surface area contributed by atoms with Crippen LogP contribution in [0.4, 0.5) is 10.5 Å². The number of aliphatic hydroxyl groups is 1. The molecule has 2 atom stereocenters. The van der Waals surface area contributed by atoms with Gasteiger partial charge >= 0.3 is 6.09 Å². The number of rotatable bonds is 10. The molecule has 2 unspecified atom stereocenters. The largest absolute Gasteiger partial charge is 0.444 e. The summed E-state index contributed by atoms with van der Waals surface area (Å²) in [7, 11) is 0. The zero-order valence-electron chi connectivity index (χ0n) is 23.9. The molecular formula is C33H37N3O5. The topological polar surface area (TPSA) is 108 Å². The Bertz CT molecular complexity index is 1390. The van der Waals surface area contributed by atoms with E-state index in [1.807, 2.05) is 49.4 Å². The van der Waals surface area contributed by atoms with Crippen molar-refractivity contribution >= 4 is 23.6 Å². The number of aryl methyl sites for hydroxylation is 1. The molecule has 3 aromatic rings. The average Bonchev–Trinajstić information content (AvgIpc) is 2.93. The average molecular weight is 556 g/mol. The van der Waals surface area contributed by atoms with Crippen molar-refractivity contribution in [1.82, 2.24) is 10.2 Å². The third kappa shape index (κ3) is 8.69. The zero-order chi connectivity index (χ0) is 30.0. The van der Waals surface area contributed by atoms with E-state index in [1.165, 1.54) is 4.90 Å². The van der Waals surface area contributed by atoms with Crippen LogP contribution >= 0.6 is 0 Å². The first-order chi connectivity index (χ1) is 19.5. The summed E-state index contributed by atoms with van der Waals surface area (Å²) in [5, 5.41) is 15.7. The van der Waals surface area contributed by atoms with Gasteiger partial charge in [-0.15, -0.1) is 6.42 Å². The fourth-order valence-corrected chi connectivity index (χ4v) is 4.41. The lowest BCUT2D eigenvalue weighted by atomic mass is 9.96. The monoisotopic (exact) mass is 555 g/mol. The van der Waals surface area contributed by atoms with Crippen molar-refractivity contribution in [1.29, 1.82) is 0 Å². The van der Waals surface area contributed by atoms with E-state index in [2.05, 4.69) is 16.6 Å². The molecule has 0 saturated heterocycles. The van der Waals surface area contributed by atoms with Gasteiger partial charge in [-0.3, -0.25) is 9.59 Å². The summed E-state index contributed by atoms with van der Waals surface area (Å²) in [6.07, 6.45) is 5.15. The summed E-state index contributed by atoms with van der Waals surface area (Å²) in [5.74, 6) is 1.51. The van der Waals surface area contributed by atoms with Gasteiger partial charge in [0.2, 0.25) is 5.91 Å². The standard InChI is InChI=1S/C33H37N3O5/c1-6-25-17-11-12-18-26(25)29(30(38)34-27-19-13-10-14-23(27)2)36(20-21-37)31(39)28(22-24-15-8-7-9-16-24)35-32(40)41-33(3,4)5/h1,7-19,28-29,37H,20-22H2,2-5H3,(H,34,38)(H,35,40). The molecule has 0 heterocycles. The number of carbonyl (C=O) groups is 3. The highest BCUT2D eigenvalue weighted by atomic mass is 16.6. The first-order valence-corrected chi connectivity index (χ1v) is 13.4. The van der Waals surface area contributed by atoms with Crippen molar-refractivity contribution in [3.8, 4) is 12.3 Å². The molecular weight excluding hydrogens is 518 g/mol. The van der Waals surface area contributed by atoms with Crippen molar-refractivity contribution in [2.45, 2.75) is 51.8 Å². The van der Waals surface area contributed by atoms with Crippen LogP contribution in [0.5, 0.6) is 0 Å². The quantitative estimate of drug-likeness (QED) is 0.317. The molecule has 0 saturated carbocycles. The van der Waals surface area contributed by atoms with Gasteiger partial charge < -0.3 is 25.4 Å². The van der Waals surface area contributed by atoms with Crippen LogP contribution < -0.4 is 10.6 Å². The highest BCUT2D eigenvalue weighted by Crippen LogP contribution is 2.28. The van der Waals surface area contributed by atoms with Crippen LogP contribution in [0.2, 0.25) is 0 Å². The van der Waals surface area contributed by atoms with Gasteiger partial charge in [0.25, 0.3) is 5.91 Å². The third-order valence-corrected chi connectivity index (χ3v) is 6.27. The number of nitrogens with one attached hydrogen (secondary N) is 2. The lowest BCUT2D eigenvalue weighted by Crippen LogP contribution is -2.54. The van der Waals surface area contributed by atoms with E-state index in [9.17, 15) is 19.5 Å². The molecule has 0 aliphatic heterocycles. The number of benzene rings is 3. The van der Waals surface area contributed by atoms with E-state index in [0.717, 1.165) is 11.1 Å². The van der Waals surface area contributed by atoms with Gasteiger partial charge in [0.15, 0.2) is 0 Å². The molecule has 0 aromatic heterocycles. The number of carbonyl (C=O) groups excluding carboxylic acids is 3. The molecule has 8 nitrogen and oxygen atoms in total. The maximum Gasteiger partial charge on any atom is 0.408 e. The predicted octanol–water partition coefficient (Wildman–Crippen LogP) is 4.61. The van der Waals surface area contributed by atoms with E-state index in [1.54, 1.807) is 57.2 Å². The highest BCUT2D eigenvalue weighted by Gasteiger charge is 2.37. The maximum absolute atomic E-state index is 14.3. The van der Waals surface area contributed by atoms with E-state index in [0.29, 0.717) is 16.8 Å². The molecule has 3 rings (SSSR count). The molecule has 0 aliphatic rings. The summed E-state index contributed by atoms with van der Waals surface area (Å²) in [4.78, 5) is 42.4. The minimum absolute atomic E-state index is 0.129. The Hall–Kier alpha value is -4.61. The maximum atomic E-state index is 14.3. The highest BCUT2D eigenvalue weighted by molar-refractivity contribution is 5.99. The van der Waals surface area contributed by atoms with Crippen LogP contribution in [0.15, 0.2) is 78.9 Å². The number of anilines is 1. The van der Waals surface area contributed by atoms with E-state index >= 15 is 0 Å². The van der Waals surface area contributed by atoms with Gasteiger partial charge in [0.1, 0.15) is 17.7 Å². The van der Waals surface area contributed by atoms with Crippen LogP contribution in [0.3, 0.4) is 0 Å². The normalized spacial score (nSPS) is 12.4. The van der Waals surface area contributed by atoms with E-state index in [4.69, 9.17) is 11.2 Å². The van der Waals surface area contributed by atoms with Crippen molar-refractivity contribution in [2.75, 3.05) is 18.5 Å². The first-order valence-electron chi connectivity index (χ1n) is 13.4. The van der Waals surface area contributed by atoms with Crippen LogP contribution in [0.25, 0.3) is 0 Å². The van der Waals surface area contributed by atoms with Crippen molar-refractivity contribution in [3.63, 3.8) is 0 Å². The molecule has 8 heteroatoms. The molecule has 41 heavy (non-hydrogen) atoms. The second-order valence-corrected chi connectivity index (χ2v) is 10.6. The van der Waals surface area contributed by atoms with Crippen LogP contribution in [-0.2, 0) is 20.7 Å². The van der Waals surface area contributed by atoms with Crippen LogP contribution in [-0.4, -0.2) is 52.7 Å². The zero-order valence-corrected chi connectivity index (χ0v) is 23.9. The van der Waals surface area contributed by atoms with Crippen LogP contribution in [0.1, 0.15) is 49.1 Å². The lowest BCUT2D eigenvalue weighted by molar-refractivity contribution is -0.141. The second kappa shape index (κ2) is 14.1. The van der Waals surface area contributed by atoms with E-state index in [-0.39, 0.29) is 13.0 Å². The Morgan fingerprint density at radius 1 is 0.976 bits per heavy atom. The molecule has 3 amide bonds. The predicted molar refractivity (Wildman–Crippen MR) is 159 cm³/mol. The first kappa shape index (κ1) is 30.9. The second-order valence-electron chi connectivity index (χ2n) is 10.6. The Labute approximate surface area is 241 Å². The number of alkyl carbamates (subject to hydrolysis) is 1. The number of para-hydroxylation sites is 1. The Morgan fingerprint density at radius 3 is 2.24 bits per heavy atom. The molecule has 3 N–H and O–H groups in total. The number of terminal acetylenes is 1. The van der Waals surface area contributed by atoms with Crippen molar-refractivity contribution < 1.29 is 24.2 Å². The van der Waals surface area contributed by atoms with E-state index < -0.39 is 42.2 Å².